The van der Waals surface area contributed by atoms with Gasteiger partial charge in [-0.05, 0) is 24.3 Å². The zero-order valence-corrected chi connectivity index (χ0v) is 12.2. The fourth-order valence-corrected chi connectivity index (χ4v) is 2.77. The monoisotopic (exact) mass is 307 g/mol. The molecule has 2 aromatic rings. The van der Waals surface area contributed by atoms with Crippen LogP contribution in [0.25, 0.3) is 0 Å². The maximum atomic E-state index is 11.8. The van der Waals surface area contributed by atoms with Crippen LogP contribution in [0, 0.1) is 0 Å². The van der Waals surface area contributed by atoms with Crippen LogP contribution in [0.1, 0.15) is 10.4 Å². The van der Waals surface area contributed by atoms with E-state index < -0.39 is 0 Å². The van der Waals surface area contributed by atoms with Gasteiger partial charge in [-0.15, -0.1) is 5.75 Å². The highest BCUT2D eigenvalue weighted by atomic mass is 35.5. The van der Waals surface area contributed by atoms with Gasteiger partial charge in [-0.2, -0.15) is 0 Å². The molecule has 104 valence electrons. The summed E-state index contributed by atoms with van der Waals surface area (Å²) in [5.74, 6) is -0.519. The number of nitrogens with two attached hydrogens (primary N) is 1. The van der Waals surface area contributed by atoms with E-state index in [1.807, 2.05) is 0 Å². The summed E-state index contributed by atoms with van der Waals surface area (Å²) in [7, 11) is 1.52. The van der Waals surface area contributed by atoms with Crippen molar-refractivity contribution in [2.45, 2.75) is 9.79 Å². The highest BCUT2D eigenvalue weighted by molar-refractivity contribution is 7.99. The number of nitrogen functional groups attached to an aromatic ring is 1. The second kappa shape index (κ2) is 6.07. The molecule has 0 unspecified atom stereocenters. The summed E-state index contributed by atoms with van der Waals surface area (Å²) in [6.45, 7) is 0. The van der Waals surface area contributed by atoms with Crippen LogP contribution in [0.15, 0.2) is 46.2 Å². The van der Waals surface area contributed by atoms with E-state index in [0.29, 0.717) is 21.2 Å². The third kappa shape index (κ3) is 3.18. The van der Waals surface area contributed by atoms with Crippen molar-refractivity contribution in [1.82, 2.24) is 5.32 Å². The van der Waals surface area contributed by atoms with Crippen LogP contribution in [0.3, 0.4) is 0 Å². The van der Waals surface area contributed by atoms with Crippen LogP contribution in [0.4, 0.5) is 5.69 Å². The van der Waals surface area contributed by atoms with Crippen molar-refractivity contribution in [1.29, 1.82) is 0 Å². The second-order valence-corrected chi connectivity index (χ2v) is 5.54. The molecule has 0 spiro atoms. The minimum Gasteiger partial charge on any atom is -0.872 e. The Morgan fingerprint density at radius 2 is 1.95 bits per heavy atom. The van der Waals surface area contributed by atoms with E-state index in [1.54, 1.807) is 24.3 Å². The van der Waals surface area contributed by atoms with Crippen LogP contribution in [-0.2, 0) is 0 Å². The number of hydrogen-bond acceptors (Lipinski definition) is 4. The van der Waals surface area contributed by atoms with Gasteiger partial charge in [-0.3, -0.25) is 4.79 Å². The number of rotatable bonds is 3. The molecule has 0 aliphatic rings. The smallest absolute Gasteiger partial charge is 0.252 e. The van der Waals surface area contributed by atoms with Gasteiger partial charge >= 0.3 is 0 Å². The Morgan fingerprint density at radius 1 is 1.25 bits per heavy atom. The Labute approximate surface area is 125 Å². The van der Waals surface area contributed by atoms with Gasteiger partial charge < -0.3 is 16.2 Å². The van der Waals surface area contributed by atoms with Crippen LogP contribution in [-0.4, -0.2) is 13.0 Å². The van der Waals surface area contributed by atoms with E-state index in [4.69, 9.17) is 17.3 Å². The number of carbonyl (C=O) groups excluding carboxylic acids is 1. The van der Waals surface area contributed by atoms with Gasteiger partial charge in [0.05, 0.1) is 5.56 Å². The van der Waals surface area contributed by atoms with Crippen molar-refractivity contribution in [2.24, 2.45) is 0 Å². The predicted molar refractivity (Wildman–Crippen MR) is 79.3 cm³/mol. The molecule has 0 radical (unpaired) electrons. The lowest BCUT2D eigenvalue weighted by atomic mass is 10.2. The first-order valence-corrected chi connectivity index (χ1v) is 6.96. The molecule has 6 heteroatoms. The fourth-order valence-electron chi connectivity index (χ4n) is 1.64. The lowest BCUT2D eigenvalue weighted by molar-refractivity contribution is -0.268. The van der Waals surface area contributed by atoms with Gasteiger partial charge in [0.25, 0.3) is 5.91 Å². The molecular formula is C14H12ClN2O2S-. The third-order valence-electron chi connectivity index (χ3n) is 2.61. The SMILES string of the molecule is CNC(=O)c1cc([O-])ccc1Sc1ccc(Cl)cc1N. The van der Waals surface area contributed by atoms with E-state index in [-0.39, 0.29) is 11.7 Å². The van der Waals surface area contributed by atoms with E-state index in [9.17, 15) is 9.90 Å². The summed E-state index contributed by atoms with van der Waals surface area (Å²) in [4.78, 5) is 13.2. The van der Waals surface area contributed by atoms with Gasteiger partial charge in [0.1, 0.15) is 0 Å². The minimum absolute atomic E-state index is 0.211. The van der Waals surface area contributed by atoms with Crippen molar-refractivity contribution in [3.63, 3.8) is 0 Å². The summed E-state index contributed by atoms with van der Waals surface area (Å²) in [5.41, 5.74) is 6.75. The summed E-state index contributed by atoms with van der Waals surface area (Å²) < 4.78 is 0. The minimum atomic E-state index is -0.308. The number of amides is 1. The Balaban J connectivity index is 2.40. The first kappa shape index (κ1) is 14.6. The van der Waals surface area contributed by atoms with Gasteiger partial charge in [-0.1, -0.05) is 35.5 Å². The molecular weight excluding hydrogens is 296 g/mol. The normalized spacial score (nSPS) is 10.3. The number of carbonyl (C=O) groups is 1. The van der Waals surface area contributed by atoms with Gasteiger partial charge in [0.15, 0.2) is 0 Å². The first-order chi connectivity index (χ1) is 9.51. The molecule has 1 amide bonds. The molecule has 0 fully saturated rings. The molecule has 0 aromatic heterocycles. The molecule has 3 N–H and O–H groups in total. The Bertz CT molecular complexity index is 662. The lowest BCUT2D eigenvalue weighted by Crippen LogP contribution is -2.18. The number of nitrogens with one attached hydrogen (secondary N) is 1. The molecule has 20 heavy (non-hydrogen) atoms. The zero-order valence-electron chi connectivity index (χ0n) is 10.6. The molecule has 0 saturated carbocycles. The summed E-state index contributed by atoms with van der Waals surface area (Å²) in [5, 5.41) is 14.5. The predicted octanol–water partition coefficient (Wildman–Crippen LogP) is 2.51. The quantitative estimate of drug-likeness (QED) is 0.854. The molecule has 0 aliphatic heterocycles. The Morgan fingerprint density at radius 3 is 2.60 bits per heavy atom. The fraction of sp³-hybridized carbons (Fsp3) is 0.0714. The summed E-state index contributed by atoms with van der Waals surface area (Å²) in [6, 6.07) is 9.49. The van der Waals surface area contributed by atoms with Crippen LogP contribution in [0.2, 0.25) is 5.02 Å². The van der Waals surface area contributed by atoms with Crippen molar-refractivity contribution >= 4 is 35.0 Å². The maximum Gasteiger partial charge on any atom is 0.252 e. The topological polar surface area (TPSA) is 78.2 Å². The average Bonchev–Trinajstić information content (AvgIpc) is 2.42. The second-order valence-electron chi connectivity index (χ2n) is 4.02. The van der Waals surface area contributed by atoms with E-state index in [0.717, 1.165) is 4.90 Å². The number of anilines is 1. The third-order valence-corrected chi connectivity index (χ3v) is 4.02. The number of halogens is 1. The van der Waals surface area contributed by atoms with E-state index >= 15 is 0 Å². The van der Waals surface area contributed by atoms with Crippen molar-refractivity contribution in [3.05, 3.63) is 47.0 Å². The Kier molecular flexibility index (Phi) is 4.42. The van der Waals surface area contributed by atoms with E-state index in [2.05, 4.69) is 5.32 Å². The Hall–Kier alpha value is -1.85. The van der Waals surface area contributed by atoms with Crippen LogP contribution in [0.5, 0.6) is 5.75 Å². The maximum absolute atomic E-state index is 11.8. The van der Waals surface area contributed by atoms with Crippen LogP contribution >= 0.6 is 23.4 Å². The molecule has 2 aromatic carbocycles. The van der Waals surface area contributed by atoms with Gasteiger partial charge in [0.2, 0.25) is 0 Å². The largest absolute Gasteiger partial charge is 0.872 e. The zero-order chi connectivity index (χ0) is 14.7. The number of benzene rings is 2. The molecule has 0 aliphatic carbocycles. The molecule has 0 bridgehead atoms. The molecule has 0 saturated heterocycles. The number of hydrogen-bond donors (Lipinski definition) is 2. The van der Waals surface area contributed by atoms with E-state index in [1.165, 1.54) is 30.9 Å². The highest BCUT2D eigenvalue weighted by Crippen LogP contribution is 2.36. The average molecular weight is 308 g/mol. The summed E-state index contributed by atoms with van der Waals surface area (Å²) >= 11 is 7.17. The standard InChI is InChI=1S/C14H13ClN2O2S/c1-17-14(19)10-7-9(18)3-5-12(10)20-13-4-2-8(15)6-11(13)16/h2-7,18H,16H2,1H3,(H,17,19)/p-1. The molecule has 2 rings (SSSR count). The molecule has 0 atom stereocenters. The first-order valence-electron chi connectivity index (χ1n) is 5.77. The van der Waals surface area contributed by atoms with Crippen LogP contribution < -0.4 is 16.2 Å². The van der Waals surface area contributed by atoms with Crippen molar-refractivity contribution < 1.29 is 9.90 Å². The molecule has 4 nitrogen and oxygen atoms in total. The summed E-state index contributed by atoms with van der Waals surface area (Å²) in [6.07, 6.45) is 0. The van der Waals surface area contributed by atoms with Gasteiger partial charge in [-0.25, -0.2) is 0 Å². The van der Waals surface area contributed by atoms with Crippen molar-refractivity contribution in [3.8, 4) is 5.75 Å². The highest BCUT2D eigenvalue weighted by Gasteiger charge is 2.12. The molecule has 0 heterocycles. The van der Waals surface area contributed by atoms with Crippen molar-refractivity contribution in [2.75, 3.05) is 12.8 Å². The van der Waals surface area contributed by atoms with Gasteiger partial charge in [0, 0.05) is 27.5 Å². The lowest BCUT2D eigenvalue weighted by Gasteiger charge is -2.13.